The van der Waals surface area contributed by atoms with Gasteiger partial charge in [0, 0.05) is 13.0 Å². The molecule has 1 heterocycles. The molecule has 0 saturated carbocycles. The van der Waals surface area contributed by atoms with Gasteiger partial charge in [-0.2, -0.15) is 0 Å². The van der Waals surface area contributed by atoms with E-state index in [1.165, 1.54) is 11.1 Å². The molecule has 1 aliphatic heterocycles. The molecule has 2 aromatic rings. The maximum Gasteiger partial charge on any atom is 0.314 e. The van der Waals surface area contributed by atoms with Crippen molar-refractivity contribution in [3.8, 4) is 11.5 Å². The van der Waals surface area contributed by atoms with Crippen LogP contribution in [-0.2, 0) is 6.42 Å². The molecule has 0 bridgehead atoms. The summed E-state index contributed by atoms with van der Waals surface area (Å²) < 4.78 is 11.1. The molecule has 0 saturated heterocycles. The van der Waals surface area contributed by atoms with Crippen LogP contribution in [0.5, 0.6) is 11.5 Å². The highest BCUT2D eigenvalue weighted by Crippen LogP contribution is 2.29. The van der Waals surface area contributed by atoms with E-state index < -0.39 is 0 Å². The smallest absolute Gasteiger partial charge is 0.314 e. The number of hydrogen-bond donors (Lipinski definition) is 2. The quantitative estimate of drug-likeness (QED) is 0.702. The lowest BCUT2D eigenvalue weighted by Gasteiger charge is -2.25. The molecule has 1 unspecified atom stereocenters. The minimum Gasteiger partial charge on any atom is -0.493 e. The van der Waals surface area contributed by atoms with Crippen LogP contribution in [0.3, 0.4) is 0 Å². The summed E-state index contributed by atoms with van der Waals surface area (Å²) in [6.07, 6.45) is 0.943. The number of para-hydroxylation sites is 1. The Morgan fingerprint density at radius 3 is 2.78 bits per heavy atom. The molecule has 1 aliphatic rings. The molecule has 2 amide bonds. The summed E-state index contributed by atoms with van der Waals surface area (Å²) in [5.41, 5.74) is 2.42. The number of ether oxygens (including phenoxy) is 2. The fraction of sp³-hybridized carbons (Fsp3) is 0.381. The van der Waals surface area contributed by atoms with E-state index in [-0.39, 0.29) is 12.1 Å². The number of hydrogen-bond acceptors (Lipinski definition) is 4. The van der Waals surface area contributed by atoms with Gasteiger partial charge in [0.25, 0.3) is 0 Å². The highest BCUT2D eigenvalue weighted by Gasteiger charge is 2.19. The average molecular weight is 369 g/mol. The molecule has 3 rings (SSSR count). The highest BCUT2D eigenvalue weighted by molar-refractivity contribution is 5.73. The van der Waals surface area contributed by atoms with Crippen LogP contribution < -0.4 is 20.1 Å². The maximum atomic E-state index is 12.1. The van der Waals surface area contributed by atoms with Crippen molar-refractivity contribution >= 4 is 6.03 Å². The van der Waals surface area contributed by atoms with Gasteiger partial charge < -0.3 is 25.0 Å². The molecule has 0 aromatic heterocycles. The third-order valence-corrected chi connectivity index (χ3v) is 4.58. The predicted octanol–water partition coefficient (Wildman–Crippen LogP) is 2.60. The number of fused-ring (bicyclic) bond motifs is 1. The third-order valence-electron chi connectivity index (χ3n) is 4.58. The van der Waals surface area contributed by atoms with Crippen LogP contribution in [0.4, 0.5) is 4.79 Å². The van der Waals surface area contributed by atoms with E-state index in [9.17, 15) is 4.79 Å². The van der Waals surface area contributed by atoms with Gasteiger partial charge in [0.2, 0.25) is 0 Å². The summed E-state index contributed by atoms with van der Waals surface area (Å²) in [4.78, 5) is 14.2. The van der Waals surface area contributed by atoms with E-state index in [1.54, 1.807) is 0 Å². The van der Waals surface area contributed by atoms with E-state index in [1.807, 2.05) is 50.5 Å². The first-order valence-corrected chi connectivity index (χ1v) is 9.25. The van der Waals surface area contributed by atoms with Gasteiger partial charge in [0.05, 0.1) is 19.2 Å². The van der Waals surface area contributed by atoms with Gasteiger partial charge in [-0.15, -0.1) is 0 Å². The Bertz CT molecular complexity index is 750. The van der Waals surface area contributed by atoms with Crippen molar-refractivity contribution < 1.29 is 14.3 Å². The van der Waals surface area contributed by atoms with Gasteiger partial charge in [0.15, 0.2) is 0 Å². The van der Waals surface area contributed by atoms with Crippen molar-refractivity contribution in [2.24, 2.45) is 0 Å². The van der Waals surface area contributed by atoms with Crippen LogP contribution in [0.1, 0.15) is 17.2 Å². The van der Waals surface area contributed by atoms with Crippen molar-refractivity contribution in [3.05, 3.63) is 59.7 Å². The Hall–Kier alpha value is -2.73. The third kappa shape index (κ3) is 5.37. The fourth-order valence-corrected chi connectivity index (χ4v) is 3.11. The van der Waals surface area contributed by atoms with Crippen LogP contribution >= 0.6 is 0 Å². The summed E-state index contributed by atoms with van der Waals surface area (Å²) in [6, 6.07) is 15.7. The Morgan fingerprint density at radius 1 is 1.19 bits per heavy atom. The number of carbonyl (C=O) groups excluding carboxylic acids is 1. The zero-order valence-electron chi connectivity index (χ0n) is 15.9. The lowest BCUT2D eigenvalue weighted by atomic mass is 10.0. The second-order valence-electron chi connectivity index (χ2n) is 6.74. The van der Waals surface area contributed by atoms with E-state index >= 15 is 0 Å². The van der Waals surface area contributed by atoms with Gasteiger partial charge in [-0.05, 0) is 43.4 Å². The molecular weight excluding hydrogens is 342 g/mol. The number of amides is 2. The Kier molecular flexibility index (Phi) is 6.54. The second-order valence-corrected chi connectivity index (χ2v) is 6.74. The van der Waals surface area contributed by atoms with E-state index in [0.717, 1.165) is 24.5 Å². The molecule has 0 radical (unpaired) electrons. The van der Waals surface area contributed by atoms with Crippen molar-refractivity contribution in [2.45, 2.75) is 12.5 Å². The molecular formula is C21H27N3O3. The zero-order valence-corrected chi connectivity index (χ0v) is 15.9. The molecule has 6 heteroatoms. The molecule has 2 N–H and O–H groups in total. The molecule has 27 heavy (non-hydrogen) atoms. The van der Waals surface area contributed by atoms with E-state index in [4.69, 9.17) is 9.47 Å². The van der Waals surface area contributed by atoms with Crippen LogP contribution in [0.2, 0.25) is 0 Å². The van der Waals surface area contributed by atoms with Crippen molar-refractivity contribution in [2.75, 3.05) is 40.4 Å². The number of rotatable bonds is 8. The number of urea groups is 1. The SMILES string of the molecule is CN(C)C(CNC(=O)NCCOc1ccccc1)c1ccc2c(c1)CCO2. The Labute approximate surface area is 160 Å². The lowest BCUT2D eigenvalue weighted by Crippen LogP contribution is -2.41. The number of likely N-dealkylation sites (N-methyl/N-ethyl adjacent to an activating group) is 1. The summed E-state index contributed by atoms with van der Waals surface area (Å²) in [7, 11) is 4.03. The Morgan fingerprint density at radius 2 is 2.00 bits per heavy atom. The first-order valence-electron chi connectivity index (χ1n) is 9.25. The second kappa shape index (κ2) is 9.28. The summed E-state index contributed by atoms with van der Waals surface area (Å²) in [6.45, 7) is 2.15. The van der Waals surface area contributed by atoms with Crippen molar-refractivity contribution in [3.63, 3.8) is 0 Å². The van der Waals surface area contributed by atoms with E-state index in [0.29, 0.717) is 19.7 Å². The molecule has 0 fully saturated rings. The van der Waals surface area contributed by atoms with Crippen molar-refractivity contribution in [1.82, 2.24) is 15.5 Å². The molecule has 0 aliphatic carbocycles. The lowest BCUT2D eigenvalue weighted by molar-refractivity contribution is 0.229. The highest BCUT2D eigenvalue weighted by atomic mass is 16.5. The zero-order chi connectivity index (χ0) is 19.1. The van der Waals surface area contributed by atoms with Gasteiger partial charge >= 0.3 is 6.03 Å². The van der Waals surface area contributed by atoms with Crippen LogP contribution in [0.25, 0.3) is 0 Å². The minimum absolute atomic E-state index is 0.0993. The topological polar surface area (TPSA) is 62.8 Å². The summed E-state index contributed by atoms with van der Waals surface area (Å²) >= 11 is 0. The molecule has 1 atom stereocenters. The summed E-state index contributed by atoms with van der Waals surface area (Å²) in [5.74, 6) is 1.77. The number of carbonyl (C=O) groups is 1. The predicted molar refractivity (Wildman–Crippen MR) is 105 cm³/mol. The van der Waals surface area contributed by atoms with E-state index in [2.05, 4.69) is 27.7 Å². The van der Waals surface area contributed by atoms with Gasteiger partial charge in [-0.25, -0.2) is 4.79 Å². The largest absolute Gasteiger partial charge is 0.493 e. The fourth-order valence-electron chi connectivity index (χ4n) is 3.11. The number of benzene rings is 2. The normalized spacial score (nSPS) is 13.6. The number of nitrogens with zero attached hydrogens (tertiary/aromatic N) is 1. The standard InChI is InChI=1S/C21H27N3O3/c1-24(2)19(16-8-9-20-17(14-16)10-12-27-20)15-23-21(25)22-11-13-26-18-6-4-3-5-7-18/h3-9,14,19H,10-13,15H2,1-2H3,(H2,22,23,25). The molecule has 0 spiro atoms. The first-order chi connectivity index (χ1) is 13.1. The van der Waals surface area contributed by atoms with Gasteiger partial charge in [-0.1, -0.05) is 30.3 Å². The maximum absolute atomic E-state index is 12.1. The van der Waals surface area contributed by atoms with Crippen LogP contribution in [0.15, 0.2) is 48.5 Å². The first kappa shape index (κ1) is 19.0. The molecule has 144 valence electrons. The average Bonchev–Trinajstić information content (AvgIpc) is 3.14. The van der Waals surface area contributed by atoms with Gasteiger partial charge in [-0.3, -0.25) is 0 Å². The monoisotopic (exact) mass is 369 g/mol. The van der Waals surface area contributed by atoms with Crippen molar-refractivity contribution in [1.29, 1.82) is 0 Å². The number of nitrogens with one attached hydrogen (secondary N) is 2. The Balaban J connectivity index is 1.44. The van der Waals surface area contributed by atoms with Gasteiger partial charge in [0.1, 0.15) is 18.1 Å². The van der Waals surface area contributed by atoms with Crippen LogP contribution in [0, 0.1) is 0 Å². The minimum atomic E-state index is -0.192. The van der Waals surface area contributed by atoms with Crippen LogP contribution in [-0.4, -0.2) is 51.3 Å². The molecule has 2 aromatic carbocycles. The summed E-state index contributed by atoms with van der Waals surface area (Å²) in [5, 5.41) is 5.78. The molecule has 6 nitrogen and oxygen atoms in total.